The van der Waals surface area contributed by atoms with Gasteiger partial charge in [0.05, 0.1) is 21.4 Å². The Bertz CT molecular complexity index is 1670. The van der Waals surface area contributed by atoms with E-state index in [-0.39, 0.29) is 5.56 Å². The Kier molecular flexibility index (Phi) is 6.98. The van der Waals surface area contributed by atoms with Crippen molar-refractivity contribution in [2.75, 3.05) is 4.31 Å². The van der Waals surface area contributed by atoms with E-state index in [1.165, 1.54) is 11.3 Å². The average molecular weight is 601 g/mol. The fourth-order valence-corrected chi connectivity index (χ4v) is 6.35. The minimum absolute atomic E-state index is 0.248. The number of hydrogen-bond acceptors (Lipinski definition) is 5. The first kappa shape index (κ1) is 24.7. The van der Waals surface area contributed by atoms with Gasteiger partial charge in [0, 0.05) is 10.6 Å². The number of anilines is 1. The first-order chi connectivity index (χ1) is 17.3. The molecule has 10 heteroatoms. The molecule has 182 valence electrons. The van der Waals surface area contributed by atoms with Crippen molar-refractivity contribution in [3.8, 4) is 11.1 Å². The van der Waals surface area contributed by atoms with E-state index >= 15 is 0 Å². The molecule has 6 nitrogen and oxygen atoms in total. The van der Waals surface area contributed by atoms with Crippen molar-refractivity contribution in [2.24, 2.45) is 0 Å². The number of fused-ring (bicyclic) bond motifs is 1. The molecule has 0 N–H and O–H groups in total. The van der Waals surface area contributed by atoms with Crippen LogP contribution in [0.5, 0.6) is 0 Å². The number of thiol groups is 1. The molecule has 0 unspecified atom stereocenters. The molecule has 0 spiro atoms. The van der Waals surface area contributed by atoms with E-state index < -0.39 is 16.8 Å². The second-order valence-corrected chi connectivity index (χ2v) is 11.8. The maximum atomic E-state index is 13.2. The molecule has 0 saturated carbocycles. The van der Waals surface area contributed by atoms with Gasteiger partial charge in [0.1, 0.15) is 10.8 Å². The smallest absolute Gasteiger partial charge is 0.272 e. The van der Waals surface area contributed by atoms with Gasteiger partial charge in [0.15, 0.2) is 0 Å². The molecule has 5 rings (SSSR count). The predicted octanol–water partition coefficient (Wildman–Crippen LogP) is 6.71. The summed E-state index contributed by atoms with van der Waals surface area (Å²) in [5, 5.41) is 0.945. The SMILES string of the molecule is Cc1nc2ccc(C(=O)N(c3ccc(Br)s3)[SH](=O)=O)cc2n1Cc1ccc(-c2ccccc2)cc1Cl. The minimum atomic E-state index is -3.17. The van der Waals surface area contributed by atoms with Crippen LogP contribution in [0.2, 0.25) is 5.02 Å². The highest BCUT2D eigenvalue weighted by atomic mass is 79.9. The number of thiophene rings is 1. The lowest BCUT2D eigenvalue weighted by Crippen LogP contribution is -2.28. The molecule has 0 radical (unpaired) electrons. The molecule has 0 bridgehead atoms. The Morgan fingerprint density at radius 1 is 1.03 bits per heavy atom. The van der Waals surface area contributed by atoms with Crippen molar-refractivity contribution < 1.29 is 13.2 Å². The van der Waals surface area contributed by atoms with Crippen LogP contribution in [0.4, 0.5) is 5.00 Å². The van der Waals surface area contributed by atoms with Gasteiger partial charge in [-0.05, 0) is 75.9 Å². The van der Waals surface area contributed by atoms with Gasteiger partial charge in [-0.3, -0.25) is 4.79 Å². The second kappa shape index (κ2) is 10.2. The van der Waals surface area contributed by atoms with E-state index in [9.17, 15) is 13.2 Å². The third-order valence-electron chi connectivity index (χ3n) is 5.80. The molecule has 2 heterocycles. The number of benzene rings is 3. The van der Waals surface area contributed by atoms with E-state index in [2.05, 4.69) is 20.9 Å². The van der Waals surface area contributed by atoms with Crippen LogP contribution >= 0.6 is 38.9 Å². The topological polar surface area (TPSA) is 72.3 Å². The molecule has 0 atom stereocenters. The first-order valence-electron chi connectivity index (χ1n) is 10.9. The average Bonchev–Trinajstić information content (AvgIpc) is 3.42. The monoisotopic (exact) mass is 599 g/mol. The van der Waals surface area contributed by atoms with E-state index in [0.29, 0.717) is 22.1 Å². The standard InChI is InChI=1S/C26H19BrClN3O3S2/c1-16-29-22-10-9-19(26(32)31(36(33)34)25-12-11-24(27)35-25)14-23(22)30(16)15-20-8-7-18(13-21(20)28)17-5-3-2-4-6-17/h2-14,36H,15H2,1H3. The van der Waals surface area contributed by atoms with Crippen LogP contribution in [-0.2, 0) is 17.4 Å². The molecule has 2 aromatic heterocycles. The third-order valence-corrected chi connectivity index (χ3v) is 8.62. The highest BCUT2D eigenvalue weighted by Gasteiger charge is 2.23. The van der Waals surface area contributed by atoms with Crippen molar-refractivity contribution >= 4 is 71.7 Å². The number of nitrogens with zero attached hydrogens (tertiary/aromatic N) is 3. The number of carbonyl (C=O) groups excluding carboxylic acids is 1. The summed E-state index contributed by atoms with van der Waals surface area (Å²) in [5.74, 6) is 0.129. The van der Waals surface area contributed by atoms with Crippen LogP contribution in [-0.4, -0.2) is 23.9 Å². The Balaban J connectivity index is 1.50. The number of rotatable bonds is 6. The van der Waals surface area contributed by atoms with Gasteiger partial charge >= 0.3 is 0 Å². The Hall–Kier alpha value is -2.98. The molecular formula is C26H19BrClN3O3S2. The summed E-state index contributed by atoms with van der Waals surface area (Å²) in [6, 6.07) is 24.3. The van der Waals surface area contributed by atoms with E-state index in [0.717, 1.165) is 36.1 Å². The highest BCUT2D eigenvalue weighted by Crippen LogP contribution is 2.32. The summed E-state index contributed by atoms with van der Waals surface area (Å²) in [6.07, 6.45) is 0. The van der Waals surface area contributed by atoms with Gasteiger partial charge < -0.3 is 4.57 Å². The van der Waals surface area contributed by atoms with Crippen LogP contribution in [0.25, 0.3) is 22.2 Å². The molecule has 36 heavy (non-hydrogen) atoms. The van der Waals surface area contributed by atoms with E-state index in [1.54, 1.807) is 30.3 Å². The number of amides is 1. The van der Waals surface area contributed by atoms with Crippen molar-refractivity contribution in [2.45, 2.75) is 13.5 Å². The molecular weight excluding hydrogens is 582 g/mol. The van der Waals surface area contributed by atoms with Crippen LogP contribution in [0.1, 0.15) is 21.7 Å². The van der Waals surface area contributed by atoms with Gasteiger partial charge in [0.2, 0.25) is 10.9 Å². The molecule has 0 aliphatic heterocycles. The quantitative estimate of drug-likeness (QED) is 0.220. The largest absolute Gasteiger partial charge is 0.324 e. The number of aromatic nitrogens is 2. The van der Waals surface area contributed by atoms with Crippen molar-refractivity contribution in [3.05, 3.63) is 105 Å². The van der Waals surface area contributed by atoms with Gasteiger partial charge in [-0.1, -0.05) is 54.1 Å². The molecule has 0 aliphatic carbocycles. The maximum absolute atomic E-state index is 13.2. The molecule has 0 aliphatic rings. The predicted molar refractivity (Wildman–Crippen MR) is 150 cm³/mol. The summed E-state index contributed by atoms with van der Waals surface area (Å²) in [6.45, 7) is 2.34. The summed E-state index contributed by atoms with van der Waals surface area (Å²) in [4.78, 5) is 17.8. The lowest BCUT2D eigenvalue weighted by Gasteiger charge is -2.14. The number of hydrogen-bond donors (Lipinski definition) is 1. The van der Waals surface area contributed by atoms with Gasteiger partial charge in [-0.15, -0.1) is 11.3 Å². The fraction of sp³-hybridized carbons (Fsp3) is 0.0769. The Morgan fingerprint density at radius 3 is 2.47 bits per heavy atom. The van der Waals surface area contributed by atoms with E-state index in [1.807, 2.05) is 60.0 Å². The fourth-order valence-electron chi connectivity index (χ4n) is 4.03. The normalized spacial score (nSPS) is 11.3. The molecule has 5 aromatic rings. The number of imidazole rings is 1. The minimum Gasteiger partial charge on any atom is -0.324 e. The van der Waals surface area contributed by atoms with Crippen molar-refractivity contribution in [1.82, 2.24) is 9.55 Å². The maximum Gasteiger partial charge on any atom is 0.272 e. The van der Waals surface area contributed by atoms with Gasteiger partial charge in [-0.2, -0.15) is 4.31 Å². The van der Waals surface area contributed by atoms with Crippen LogP contribution in [0.3, 0.4) is 0 Å². The zero-order chi connectivity index (χ0) is 25.4. The summed E-state index contributed by atoms with van der Waals surface area (Å²) < 4.78 is 27.4. The molecule has 0 fully saturated rings. The second-order valence-electron chi connectivity index (χ2n) is 8.05. The summed E-state index contributed by atoms with van der Waals surface area (Å²) in [7, 11) is -3.17. The summed E-state index contributed by atoms with van der Waals surface area (Å²) in [5.41, 5.74) is 4.68. The lowest BCUT2D eigenvalue weighted by atomic mass is 10.0. The zero-order valence-electron chi connectivity index (χ0n) is 18.9. The van der Waals surface area contributed by atoms with Crippen LogP contribution in [0.15, 0.2) is 82.6 Å². The molecule has 1 amide bonds. The zero-order valence-corrected chi connectivity index (χ0v) is 22.9. The third kappa shape index (κ3) is 4.84. The first-order valence-corrected chi connectivity index (χ1v) is 14.0. The van der Waals surface area contributed by atoms with Crippen molar-refractivity contribution in [1.29, 1.82) is 0 Å². The number of halogens is 2. The van der Waals surface area contributed by atoms with E-state index in [4.69, 9.17) is 11.6 Å². The van der Waals surface area contributed by atoms with Crippen molar-refractivity contribution in [3.63, 3.8) is 0 Å². The molecule has 3 aromatic carbocycles. The highest BCUT2D eigenvalue weighted by molar-refractivity contribution is 9.11. The number of aryl methyl sites for hydroxylation is 1. The Morgan fingerprint density at radius 2 is 1.81 bits per heavy atom. The van der Waals surface area contributed by atoms with Gasteiger partial charge in [0.25, 0.3) is 5.91 Å². The van der Waals surface area contributed by atoms with Gasteiger partial charge in [-0.25, -0.2) is 13.4 Å². The molecule has 0 saturated heterocycles. The van der Waals surface area contributed by atoms with Crippen LogP contribution < -0.4 is 4.31 Å². The van der Waals surface area contributed by atoms with Crippen LogP contribution in [0, 0.1) is 6.92 Å². The summed E-state index contributed by atoms with van der Waals surface area (Å²) >= 11 is 11.1. The number of carbonyl (C=O) groups is 1. The lowest BCUT2D eigenvalue weighted by molar-refractivity contribution is 0.101. The Labute approximate surface area is 227 Å².